The summed E-state index contributed by atoms with van der Waals surface area (Å²) in [6, 6.07) is 17.2. The zero-order valence-corrected chi connectivity index (χ0v) is 17.6. The average Bonchev–Trinajstić information content (AvgIpc) is 2.77. The average molecular weight is 436 g/mol. The van der Waals surface area contributed by atoms with Gasteiger partial charge in [-0.05, 0) is 36.2 Å². The third-order valence-electron chi connectivity index (χ3n) is 5.27. The molecule has 4 aromatic rings. The minimum absolute atomic E-state index is 0.0233. The van der Waals surface area contributed by atoms with Crippen molar-refractivity contribution in [3.05, 3.63) is 103 Å². The largest absolute Gasteiger partial charge is 0.496 e. The summed E-state index contributed by atoms with van der Waals surface area (Å²) in [5.74, 6) is 0.658. The number of methoxy groups -OCH3 is 1. The van der Waals surface area contributed by atoms with E-state index in [2.05, 4.69) is 0 Å². The first-order chi connectivity index (χ1) is 14.9. The van der Waals surface area contributed by atoms with Crippen molar-refractivity contribution in [1.29, 1.82) is 0 Å². The molecule has 1 aromatic heterocycles. The lowest BCUT2D eigenvalue weighted by molar-refractivity contribution is -0.384. The van der Waals surface area contributed by atoms with E-state index < -0.39 is 10.5 Å². The van der Waals surface area contributed by atoms with Gasteiger partial charge in [-0.1, -0.05) is 41.9 Å². The summed E-state index contributed by atoms with van der Waals surface area (Å²) in [7, 11) is 1.58. The van der Waals surface area contributed by atoms with Crippen molar-refractivity contribution in [2.45, 2.75) is 13.3 Å². The number of aryl methyl sites for hydroxylation is 1. The number of non-ortho nitro benzene ring substituents is 1. The van der Waals surface area contributed by atoms with Crippen LogP contribution in [0.25, 0.3) is 22.1 Å². The SMILES string of the molecule is COc1ccccc1-c1cc2oc(=O)c(Cc3cccc([N+](=O)[O-])c3)c(C)c2cc1Cl. The number of nitrogens with zero attached hydrogens (tertiary/aromatic N) is 1. The summed E-state index contributed by atoms with van der Waals surface area (Å²) in [5, 5.41) is 12.3. The van der Waals surface area contributed by atoms with Crippen LogP contribution in [-0.2, 0) is 6.42 Å². The quantitative estimate of drug-likeness (QED) is 0.220. The molecule has 1 heterocycles. The number of ether oxygens (including phenoxy) is 1. The van der Waals surface area contributed by atoms with Gasteiger partial charge < -0.3 is 9.15 Å². The predicted octanol–water partition coefficient (Wildman–Crippen LogP) is 5.93. The normalized spacial score (nSPS) is 10.9. The lowest BCUT2D eigenvalue weighted by Gasteiger charge is -2.13. The Bertz CT molecular complexity index is 1380. The van der Waals surface area contributed by atoms with Gasteiger partial charge in [-0.25, -0.2) is 4.79 Å². The Labute approximate surface area is 182 Å². The lowest BCUT2D eigenvalue weighted by atomic mass is 9.97. The number of benzene rings is 3. The van der Waals surface area contributed by atoms with Crippen molar-refractivity contribution in [3.8, 4) is 16.9 Å². The van der Waals surface area contributed by atoms with E-state index in [0.29, 0.717) is 38.4 Å². The van der Waals surface area contributed by atoms with Crippen molar-refractivity contribution < 1.29 is 14.1 Å². The van der Waals surface area contributed by atoms with Crippen LogP contribution in [0.3, 0.4) is 0 Å². The van der Waals surface area contributed by atoms with E-state index in [0.717, 1.165) is 11.1 Å². The molecule has 0 spiro atoms. The second-order valence-corrected chi connectivity index (χ2v) is 7.53. The molecular weight excluding hydrogens is 418 g/mol. The first-order valence-electron chi connectivity index (χ1n) is 9.51. The first-order valence-corrected chi connectivity index (χ1v) is 9.89. The topological polar surface area (TPSA) is 82.6 Å². The number of nitro groups is 1. The minimum Gasteiger partial charge on any atom is -0.496 e. The Kier molecular flexibility index (Phi) is 5.48. The number of fused-ring (bicyclic) bond motifs is 1. The van der Waals surface area contributed by atoms with Crippen LogP contribution in [0.1, 0.15) is 16.7 Å². The van der Waals surface area contributed by atoms with Crippen molar-refractivity contribution in [1.82, 2.24) is 0 Å². The highest BCUT2D eigenvalue weighted by Crippen LogP contribution is 2.38. The second kappa shape index (κ2) is 8.24. The molecular formula is C24H18ClNO5. The summed E-state index contributed by atoms with van der Waals surface area (Å²) in [6.07, 6.45) is 0.220. The van der Waals surface area contributed by atoms with Crippen LogP contribution >= 0.6 is 11.6 Å². The highest BCUT2D eigenvalue weighted by Gasteiger charge is 2.17. The van der Waals surface area contributed by atoms with Gasteiger partial charge in [-0.3, -0.25) is 10.1 Å². The maximum Gasteiger partial charge on any atom is 0.340 e. The van der Waals surface area contributed by atoms with E-state index in [4.69, 9.17) is 20.8 Å². The predicted molar refractivity (Wildman–Crippen MR) is 120 cm³/mol. The molecule has 0 amide bonds. The number of nitro benzene ring substituents is 1. The first kappa shape index (κ1) is 20.6. The van der Waals surface area contributed by atoms with E-state index in [1.807, 2.05) is 31.2 Å². The molecule has 0 bridgehead atoms. The van der Waals surface area contributed by atoms with Crippen LogP contribution in [0.5, 0.6) is 5.75 Å². The van der Waals surface area contributed by atoms with E-state index >= 15 is 0 Å². The van der Waals surface area contributed by atoms with Gasteiger partial charge in [-0.2, -0.15) is 0 Å². The second-order valence-electron chi connectivity index (χ2n) is 7.13. The smallest absolute Gasteiger partial charge is 0.340 e. The standard InChI is InChI=1S/C24H18ClNO5/c1-14-18-12-21(25)20(17-8-3-4-9-22(17)30-2)13-23(18)31-24(27)19(14)11-15-6-5-7-16(10-15)26(28)29/h3-10,12-13H,11H2,1-2H3. The van der Waals surface area contributed by atoms with E-state index in [1.54, 1.807) is 31.4 Å². The zero-order chi connectivity index (χ0) is 22.1. The highest BCUT2D eigenvalue weighted by molar-refractivity contribution is 6.34. The van der Waals surface area contributed by atoms with Gasteiger partial charge in [0.2, 0.25) is 0 Å². The Morgan fingerprint density at radius 2 is 1.84 bits per heavy atom. The van der Waals surface area contributed by atoms with Crippen LogP contribution in [0.2, 0.25) is 5.02 Å². The number of para-hydroxylation sites is 1. The summed E-state index contributed by atoms with van der Waals surface area (Å²) >= 11 is 6.60. The monoisotopic (exact) mass is 435 g/mol. The number of hydrogen-bond donors (Lipinski definition) is 0. The molecule has 4 rings (SSSR count). The summed E-state index contributed by atoms with van der Waals surface area (Å²) < 4.78 is 11.1. The summed E-state index contributed by atoms with van der Waals surface area (Å²) in [4.78, 5) is 23.4. The zero-order valence-electron chi connectivity index (χ0n) is 16.8. The molecule has 0 aliphatic carbocycles. The van der Waals surface area contributed by atoms with Crippen molar-refractivity contribution in [3.63, 3.8) is 0 Å². The molecule has 0 saturated carbocycles. The number of hydrogen-bond acceptors (Lipinski definition) is 5. The van der Waals surface area contributed by atoms with Gasteiger partial charge in [0.15, 0.2) is 0 Å². The molecule has 31 heavy (non-hydrogen) atoms. The van der Waals surface area contributed by atoms with Crippen LogP contribution in [0.15, 0.2) is 69.9 Å². The van der Waals surface area contributed by atoms with Crippen molar-refractivity contribution in [2.75, 3.05) is 7.11 Å². The molecule has 7 heteroatoms. The molecule has 0 aliphatic rings. The molecule has 0 radical (unpaired) electrons. The molecule has 0 unspecified atom stereocenters. The summed E-state index contributed by atoms with van der Waals surface area (Å²) in [6.45, 7) is 1.82. The number of rotatable bonds is 5. The Hall–Kier alpha value is -3.64. The van der Waals surface area contributed by atoms with Gasteiger partial charge in [0.05, 0.1) is 12.0 Å². The molecule has 0 saturated heterocycles. The maximum atomic E-state index is 12.8. The fourth-order valence-electron chi connectivity index (χ4n) is 3.67. The fourth-order valence-corrected chi connectivity index (χ4v) is 3.94. The van der Waals surface area contributed by atoms with Crippen LogP contribution in [0.4, 0.5) is 5.69 Å². The highest BCUT2D eigenvalue weighted by atomic mass is 35.5. The van der Waals surface area contributed by atoms with E-state index in [1.165, 1.54) is 12.1 Å². The van der Waals surface area contributed by atoms with E-state index in [-0.39, 0.29) is 12.1 Å². The lowest BCUT2D eigenvalue weighted by Crippen LogP contribution is -2.11. The van der Waals surface area contributed by atoms with Crippen LogP contribution in [-0.4, -0.2) is 12.0 Å². The molecule has 0 aliphatic heterocycles. The molecule has 3 aromatic carbocycles. The van der Waals surface area contributed by atoms with Gasteiger partial charge in [0, 0.05) is 45.7 Å². The van der Waals surface area contributed by atoms with Gasteiger partial charge in [0.1, 0.15) is 11.3 Å². The molecule has 0 fully saturated rings. The van der Waals surface area contributed by atoms with Gasteiger partial charge in [0.25, 0.3) is 5.69 Å². The number of halogens is 1. The van der Waals surface area contributed by atoms with Gasteiger partial charge >= 0.3 is 5.63 Å². The third kappa shape index (κ3) is 3.90. The van der Waals surface area contributed by atoms with Crippen molar-refractivity contribution in [2.24, 2.45) is 0 Å². The Morgan fingerprint density at radius 1 is 1.06 bits per heavy atom. The summed E-state index contributed by atoms with van der Waals surface area (Å²) in [5.41, 5.74) is 3.21. The molecule has 0 atom stereocenters. The maximum absolute atomic E-state index is 12.8. The minimum atomic E-state index is -0.482. The Balaban J connectivity index is 1.83. The van der Waals surface area contributed by atoms with Gasteiger partial charge in [-0.15, -0.1) is 0 Å². The van der Waals surface area contributed by atoms with Crippen LogP contribution < -0.4 is 10.4 Å². The fraction of sp³-hybridized carbons (Fsp3) is 0.125. The third-order valence-corrected chi connectivity index (χ3v) is 5.59. The molecule has 156 valence electrons. The molecule has 6 nitrogen and oxygen atoms in total. The van der Waals surface area contributed by atoms with E-state index in [9.17, 15) is 14.9 Å². The van der Waals surface area contributed by atoms with Crippen molar-refractivity contribution >= 4 is 28.3 Å². The molecule has 0 N–H and O–H groups in total. The van der Waals surface area contributed by atoms with Crippen LogP contribution in [0, 0.1) is 17.0 Å². The Morgan fingerprint density at radius 3 is 2.58 bits per heavy atom.